The molecule has 1 aromatic heterocycles. The molecule has 16 heavy (non-hydrogen) atoms. The van der Waals surface area contributed by atoms with Gasteiger partial charge >= 0.3 is 5.82 Å². The Morgan fingerprint density at radius 1 is 1.44 bits per heavy atom. The molecule has 0 fully saturated rings. The number of aromatic nitrogens is 1. The number of pyridine rings is 1. The van der Waals surface area contributed by atoms with E-state index in [1.807, 2.05) is 0 Å². The summed E-state index contributed by atoms with van der Waals surface area (Å²) in [6, 6.07) is 3.19. The van der Waals surface area contributed by atoms with Crippen molar-refractivity contribution in [3.8, 4) is 0 Å². The maximum atomic E-state index is 10.4. The Balaban J connectivity index is 0.00000128. The highest BCUT2D eigenvalue weighted by Gasteiger charge is 2.10. The van der Waals surface area contributed by atoms with E-state index >= 15 is 0 Å². The monoisotopic (exact) mass is 241 g/mol. The molecule has 0 bridgehead atoms. The average Bonchev–Trinajstić information content (AvgIpc) is 2.30. The number of hydrogen-bond acceptors (Lipinski definition) is 4. The van der Waals surface area contributed by atoms with Gasteiger partial charge in [-0.3, -0.25) is 0 Å². The molecule has 0 saturated heterocycles. The fraction of sp³-hybridized carbons (Fsp3) is 0.300. The molecule has 86 valence electrons. The van der Waals surface area contributed by atoms with E-state index in [9.17, 15) is 10.1 Å². The van der Waals surface area contributed by atoms with Crippen LogP contribution in [0.2, 0.25) is 0 Å². The van der Waals surface area contributed by atoms with Crippen LogP contribution in [-0.2, 0) is 0 Å². The molecule has 0 spiro atoms. The first-order valence-electron chi connectivity index (χ1n) is 4.78. The fourth-order valence-electron chi connectivity index (χ4n) is 1.57. The highest BCUT2D eigenvalue weighted by molar-refractivity contribution is 5.85. The standard InChI is InChI=1S/C10H11N3O2.ClH/c14-13(15)10-2-1-9(7-12-10)8-3-5-11-6-4-8;/h1-3,7,11H,4-6H2;1H. The Bertz CT molecular complexity index is 403. The predicted octanol–water partition coefficient (Wildman–Crippen LogP) is 1.79. The van der Waals surface area contributed by atoms with Gasteiger partial charge in [-0.2, -0.15) is 0 Å². The van der Waals surface area contributed by atoms with Crippen molar-refractivity contribution in [1.29, 1.82) is 0 Å². The van der Waals surface area contributed by atoms with Gasteiger partial charge in [-0.1, -0.05) is 6.08 Å². The van der Waals surface area contributed by atoms with Crippen molar-refractivity contribution in [2.75, 3.05) is 13.1 Å². The molecular formula is C10H12ClN3O2. The average molecular weight is 242 g/mol. The second-order valence-electron chi connectivity index (χ2n) is 3.35. The number of rotatable bonds is 2. The molecule has 2 rings (SSSR count). The SMILES string of the molecule is Cl.O=[N+]([O-])c1ccc(C2=CCNCC2)cn1. The van der Waals surface area contributed by atoms with E-state index in [4.69, 9.17) is 0 Å². The van der Waals surface area contributed by atoms with Crippen LogP contribution in [0.25, 0.3) is 5.57 Å². The van der Waals surface area contributed by atoms with Crippen molar-refractivity contribution in [1.82, 2.24) is 10.3 Å². The lowest BCUT2D eigenvalue weighted by Gasteiger charge is -2.12. The number of nitrogens with zero attached hydrogens (tertiary/aromatic N) is 2. The zero-order valence-corrected chi connectivity index (χ0v) is 9.37. The third kappa shape index (κ3) is 2.77. The molecule has 0 aliphatic carbocycles. The van der Waals surface area contributed by atoms with Crippen LogP contribution in [0.15, 0.2) is 24.4 Å². The maximum Gasteiger partial charge on any atom is 0.363 e. The van der Waals surface area contributed by atoms with Crippen LogP contribution in [0, 0.1) is 10.1 Å². The van der Waals surface area contributed by atoms with Crippen LogP contribution >= 0.6 is 12.4 Å². The number of nitrogens with one attached hydrogen (secondary N) is 1. The van der Waals surface area contributed by atoms with E-state index in [0.717, 1.165) is 25.1 Å². The third-order valence-corrected chi connectivity index (χ3v) is 2.37. The molecule has 1 aliphatic heterocycles. The first kappa shape index (κ1) is 12.6. The van der Waals surface area contributed by atoms with E-state index in [-0.39, 0.29) is 18.2 Å². The minimum absolute atomic E-state index is 0. The van der Waals surface area contributed by atoms with Gasteiger partial charge in [0.25, 0.3) is 0 Å². The Kier molecular flexibility index (Phi) is 4.39. The molecule has 0 radical (unpaired) electrons. The summed E-state index contributed by atoms with van der Waals surface area (Å²) in [6.45, 7) is 1.80. The van der Waals surface area contributed by atoms with Crippen molar-refractivity contribution in [3.05, 3.63) is 40.1 Å². The van der Waals surface area contributed by atoms with Crippen LogP contribution in [0.4, 0.5) is 5.82 Å². The summed E-state index contributed by atoms with van der Waals surface area (Å²) in [7, 11) is 0. The van der Waals surface area contributed by atoms with Crippen molar-refractivity contribution >= 4 is 23.8 Å². The molecule has 5 nitrogen and oxygen atoms in total. The van der Waals surface area contributed by atoms with Gasteiger partial charge in [0.15, 0.2) is 0 Å². The van der Waals surface area contributed by atoms with Crippen LogP contribution in [-0.4, -0.2) is 23.0 Å². The lowest BCUT2D eigenvalue weighted by molar-refractivity contribution is -0.389. The van der Waals surface area contributed by atoms with Gasteiger partial charge in [-0.05, 0) is 34.5 Å². The van der Waals surface area contributed by atoms with Crippen molar-refractivity contribution in [3.63, 3.8) is 0 Å². The minimum atomic E-state index is -0.486. The first-order chi connectivity index (χ1) is 7.27. The fourth-order valence-corrected chi connectivity index (χ4v) is 1.57. The zero-order valence-electron chi connectivity index (χ0n) is 8.55. The van der Waals surface area contributed by atoms with Crippen LogP contribution < -0.4 is 5.32 Å². The second-order valence-corrected chi connectivity index (χ2v) is 3.35. The second kappa shape index (κ2) is 5.58. The van der Waals surface area contributed by atoms with Crippen molar-refractivity contribution in [2.45, 2.75) is 6.42 Å². The normalized spacial score (nSPS) is 14.9. The lowest BCUT2D eigenvalue weighted by Crippen LogP contribution is -2.20. The molecule has 0 aromatic carbocycles. The highest BCUT2D eigenvalue weighted by Crippen LogP contribution is 2.20. The summed E-state index contributed by atoms with van der Waals surface area (Å²) in [5.74, 6) is -0.103. The summed E-state index contributed by atoms with van der Waals surface area (Å²) in [5.41, 5.74) is 2.18. The molecule has 1 aliphatic rings. The molecular weight excluding hydrogens is 230 g/mol. The maximum absolute atomic E-state index is 10.4. The smallest absolute Gasteiger partial charge is 0.358 e. The third-order valence-electron chi connectivity index (χ3n) is 2.37. The van der Waals surface area contributed by atoms with Gasteiger partial charge in [0.2, 0.25) is 0 Å². The number of nitro groups is 1. The van der Waals surface area contributed by atoms with E-state index < -0.39 is 4.92 Å². The molecule has 1 N–H and O–H groups in total. The van der Waals surface area contributed by atoms with E-state index in [0.29, 0.717) is 0 Å². The zero-order chi connectivity index (χ0) is 10.7. The van der Waals surface area contributed by atoms with Crippen LogP contribution in [0.5, 0.6) is 0 Å². The summed E-state index contributed by atoms with van der Waals surface area (Å²) in [6.07, 6.45) is 4.60. The molecule has 0 atom stereocenters. The van der Waals surface area contributed by atoms with Crippen LogP contribution in [0.3, 0.4) is 0 Å². The number of halogens is 1. The molecule has 0 unspecified atom stereocenters. The predicted molar refractivity (Wildman–Crippen MR) is 63.6 cm³/mol. The van der Waals surface area contributed by atoms with E-state index in [1.165, 1.54) is 11.6 Å². The molecule has 2 heterocycles. The largest absolute Gasteiger partial charge is 0.363 e. The van der Waals surface area contributed by atoms with Gasteiger partial charge in [0, 0.05) is 18.2 Å². The van der Waals surface area contributed by atoms with Gasteiger partial charge in [0.05, 0.1) is 0 Å². The Morgan fingerprint density at radius 2 is 2.25 bits per heavy atom. The molecule has 6 heteroatoms. The molecule has 0 saturated carbocycles. The van der Waals surface area contributed by atoms with E-state index in [1.54, 1.807) is 12.3 Å². The highest BCUT2D eigenvalue weighted by atomic mass is 35.5. The molecule has 1 aromatic rings. The van der Waals surface area contributed by atoms with Gasteiger partial charge in [-0.15, -0.1) is 12.4 Å². The summed E-state index contributed by atoms with van der Waals surface area (Å²) < 4.78 is 0. The molecule has 0 amide bonds. The van der Waals surface area contributed by atoms with E-state index in [2.05, 4.69) is 16.4 Å². The van der Waals surface area contributed by atoms with Crippen LogP contribution in [0.1, 0.15) is 12.0 Å². The number of hydrogen-bond donors (Lipinski definition) is 1. The Labute approximate surface area is 99.1 Å². The summed E-state index contributed by atoms with van der Waals surface area (Å²) in [5, 5.41) is 13.6. The van der Waals surface area contributed by atoms with Gasteiger partial charge < -0.3 is 15.4 Å². The van der Waals surface area contributed by atoms with Gasteiger partial charge in [-0.25, -0.2) is 0 Å². The Hall–Kier alpha value is -1.46. The topological polar surface area (TPSA) is 68.1 Å². The summed E-state index contributed by atoms with van der Waals surface area (Å²) >= 11 is 0. The minimum Gasteiger partial charge on any atom is -0.358 e. The lowest BCUT2D eigenvalue weighted by atomic mass is 10.0. The van der Waals surface area contributed by atoms with Crippen molar-refractivity contribution < 1.29 is 4.92 Å². The quantitative estimate of drug-likeness (QED) is 0.633. The summed E-state index contributed by atoms with van der Waals surface area (Å²) in [4.78, 5) is 13.7. The van der Waals surface area contributed by atoms with Gasteiger partial charge in [0.1, 0.15) is 6.20 Å². The van der Waals surface area contributed by atoms with Crippen molar-refractivity contribution in [2.24, 2.45) is 0 Å². The Morgan fingerprint density at radius 3 is 2.75 bits per heavy atom. The first-order valence-corrected chi connectivity index (χ1v) is 4.78.